The fraction of sp³-hybridized carbons (Fsp3) is 0.500. The highest BCUT2D eigenvalue weighted by Gasteiger charge is 2.05. The summed E-state index contributed by atoms with van der Waals surface area (Å²) < 4.78 is 2.48. The maximum absolute atomic E-state index is 11.8. The molecule has 0 unspecified atom stereocenters. The number of amides is 1. The molecule has 0 saturated carbocycles. The third-order valence-corrected chi connectivity index (χ3v) is 2.19. The smallest absolute Gasteiger partial charge is 0.330 e. The van der Waals surface area contributed by atoms with Crippen LogP contribution in [0.3, 0.4) is 0 Å². The standard InChI is InChI=1S/C10H15N3O3/c1-2-5-12-6-4-9(15)13(10(12)16)7-3-8(11)14/h4,6H,2-3,5,7H2,1H3,(H2,11,14). The van der Waals surface area contributed by atoms with Crippen LogP contribution in [0.1, 0.15) is 19.8 Å². The summed E-state index contributed by atoms with van der Waals surface area (Å²) in [6, 6.07) is 1.32. The lowest BCUT2D eigenvalue weighted by molar-refractivity contribution is -0.118. The Balaban J connectivity index is 3.06. The number of aromatic nitrogens is 2. The highest BCUT2D eigenvalue weighted by molar-refractivity contribution is 5.73. The minimum absolute atomic E-state index is 0.00865. The molecule has 88 valence electrons. The number of nitrogens with two attached hydrogens (primary N) is 1. The van der Waals surface area contributed by atoms with Gasteiger partial charge in [-0.1, -0.05) is 6.92 Å². The van der Waals surface area contributed by atoms with Crippen molar-refractivity contribution in [2.75, 3.05) is 0 Å². The number of hydrogen-bond donors (Lipinski definition) is 1. The van der Waals surface area contributed by atoms with Crippen molar-refractivity contribution < 1.29 is 4.79 Å². The van der Waals surface area contributed by atoms with E-state index in [0.717, 1.165) is 11.0 Å². The molecular weight excluding hydrogens is 210 g/mol. The summed E-state index contributed by atoms with van der Waals surface area (Å²) in [5.74, 6) is -0.530. The summed E-state index contributed by atoms with van der Waals surface area (Å²) in [5.41, 5.74) is 4.18. The molecule has 0 aliphatic rings. The van der Waals surface area contributed by atoms with Crippen molar-refractivity contribution >= 4 is 5.91 Å². The predicted molar refractivity (Wildman–Crippen MR) is 59.1 cm³/mol. The molecule has 16 heavy (non-hydrogen) atoms. The van der Waals surface area contributed by atoms with Crippen LogP contribution in [0.2, 0.25) is 0 Å². The van der Waals surface area contributed by atoms with Crippen LogP contribution in [0.15, 0.2) is 21.9 Å². The van der Waals surface area contributed by atoms with E-state index >= 15 is 0 Å². The second-order valence-corrected chi connectivity index (χ2v) is 3.50. The van der Waals surface area contributed by atoms with E-state index in [0.29, 0.717) is 6.54 Å². The number of carbonyl (C=O) groups excluding carboxylic acids is 1. The summed E-state index contributed by atoms with van der Waals surface area (Å²) in [4.78, 5) is 33.8. The molecule has 1 heterocycles. The molecule has 0 spiro atoms. The highest BCUT2D eigenvalue weighted by atomic mass is 16.2. The van der Waals surface area contributed by atoms with Crippen molar-refractivity contribution in [1.82, 2.24) is 9.13 Å². The van der Waals surface area contributed by atoms with Gasteiger partial charge in [0.05, 0.1) is 0 Å². The molecule has 1 rings (SSSR count). The fourth-order valence-electron chi connectivity index (χ4n) is 1.40. The van der Waals surface area contributed by atoms with Crippen LogP contribution >= 0.6 is 0 Å². The van der Waals surface area contributed by atoms with Gasteiger partial charge < -0.3 is 10.3 Å². The minimum atomic E-state index is -0.530. The SMILES string of the molecule is CCCn1ccc(=O)n(CCC(N)=O)c1=O. The van der Waals surface area contributed by atoms with Gasteiger partial charge in [0.2, 0.25) is 5.91 Å². The fourth-order valence-corrected chi connectivity index (χ4v) is 1.40. The van der Waals surface area contributed by atoms with Crippen molar-refractivity contribution in [3.63, 3.8) is 0 Å². The number of aryl methyl sites for hydroxylation is 1. The van der Waals surface area contributed by atoms with E-state index < -0.39 is 17.2 Å². The zero-order valence-electron chi connectivity index (χ0n) is 9.18. The molecule has 0 aliphatic carbocycles. The third-order valence-electron chi connectivity index (χ3n) is 2.19. The molecule has 0 aliphatic heterocycles. The first kappa shape index (κ1) is 12.2. The summed E-state index contributed by atoms with van der Waals surface area (Å²) in [6.45, 7) is 2.53. The Morgan fingerprint density at radius 3 is 2.62 bits per heavy atom. The molecule has 0 radical (unpaired) electrons. The highest BCUT2D eigenvalue weighted by Crippen LogP contribution is 1.86. The van der Waals surface area contributed by atoms with Crippen LogP contribution in [0.4, 0.5) is 0 Å². The van der Waals surface area contributed by atoms with E-state index in [1.54, 1.807) is 0 Å². The topological polar surface area (TPSA) is 87.1 Å². The van der Waals surface area contributed by atoms with Crippen molar-refractivity contribution in [3.05, 3.63) is 33.1 Å². The largest absolute Gasteiger partial charge is 0.370 e. The molecule has 2 N–H and O–H groups in total. The average Bonchev–Trinajstić information content (AvgIpc) is 2.22. The van der Waals surface area contributed by atoms with Gasteiger partial charge in [-0.05, 0) is 6.42 Å². The Morgan fingerprint density at radius 1 is 1.38 bits per heavy atom. The second kappa shape index (κ2) is 5.29. The van der Waals surface area contributed by atoms with E-state index in [1.807, 2.05) is 6.92 Å². The Kier molecular flexibility index (Phi) is 4.04. The maximum atomic E-state index is 11.8. The first-order chi connectivity index (χ1) is 7.56. The van der Waals surface area contributed by atoms with Crippen LogP contribution in [0.25, 0.3) is 0 Å². The molecule has 1 aromatic heterocycles. The average molecular weight is 225 g/mol. The normalized spacial score (nSPS) is 10.3. The predicted octanol–water partition coefficient (Wildman–Crippen LogP) is -0.705. The molecule has 0 saturated heterocycles. The van der Waals surface area contributed by atoms with Gasteiger partial charge >= 0.3 is 5.69 Å². The number of carbonyl (C=O) groups is 1. The summed E-state index contributed by atoms with van der Waals surface area (Å²) in [6.07, 6.45) is 2.26. The third kappa shape index (κ3) is 2.82. The monoisotopic (exact) mass is 225 g/mol. The maximum Gasteiger partial charge on any atom is 0.330 e. The van der Waals surface area contributed by atoms with E-state index in [1.165, 1.54) is 16.8 Å². The lowest BCUT2D eigenvalue weighted by Crippen LogP contribution is -2.39. The van der Waals surface area contributed by atoms with Crippen LogP contribution < -0.4 is 17.0 Å². The summed E-state index contributed by atoms with van der Waals surface area (Å²) >= 11 is 0. The Hall–Kier alpha value is -1.85. The Bertz CT molecular complexity index is 487. The second-order valence-electron chi connectivity index (χ2n) is 3.50. The molecule has 0 fully saturated rings. The molecule has 0 atom stereocenters. The van der Waals surface area contributed by atoms with Gasteiger partial charge in [-0.2, -0.15) is 0 Å². The summed E-state index contributed by atoms with van der Waals surface area (Å²) in [7, 11) is 0. The number of rotatable bonds is 5. The molecule has 1 aromatic rings. The van der Waals surface area contributed by atoms with E-state index in [4.69, 9.17) is 5.73 Å². The molecule has 0 bridgehead atoms. The molecule has 6 heteroatoms. The quantitative estimate of drug-likeness (QED) is 0.718. The summed E-state index contributed by atoms with van der Waals surface area (Å²) in [5, 5.41) is 0. The molecule has 1 amide bonds. The zero-order chi connectivity index (χ0) is 12.1. The minimum Gasteiger partial charge on any atom is -0.370 e. The van der Waals surface area contributed by atoms with Crippen molar-refractivity contribution in [2.24, 2.45) is 5.73 Å². The van der Waals surface area contributed by atoms with Crippen LogP contribution in [-0.2, 0) is 17.9 Å². The van der Waals surface area contributed by atoms with Gasteiger partial charge in [-0.25, -0.2) is 4.79 Å². The molecule has 0 aromatic carbocycles. The van der Waals surface area contributed by atoms with E-state index in [9.17, 15) is 14.4 Å². The van der Waals surface area contributed by atoms with Gasteiger partial charge in [-0.3, -0.25) is 14.2 Å². The van der Waals surface area contributed by atoms with Gasteiger partial charge in [0.25, 0.3) is 5.56 Å². The van der Waals surface area contributed by atoms with Gasteiger partial charge in [0.1, 0.15) is 0 Å². The number of primary amides is 1. The lowest BCUT2D eigenvalue weighted by atomic mass is 10.4. The first-order valence-electron chi connectivity index (χ1n) is 5.15. The number of hydrogen-bond acceptors (Lipinski definition) is 3. The van der Waals surface area contributed by atoms with Crippen molar-refractivity contribution in [1.29, 1.82) is 0 Å². The van der Waals surface area contributed by atoms with Crippen LogP contribution in [-0.4, -0.2) is 15.0 Å². The Morgan fingerprint density at radius 2 is 2.06 bits per heavy atom. The van der Waals surface area contributed by atoms with Gasteiger partial charge in [0, 0.05) is 31.8 Å². The van der Waals surface area contributed by atoms with Gasteiger partial charge in [0.15, 0.2) is 0 Å². The first-order valence-corrected chi connectivity index (χ1v) is 5.15. The van der Waals surface area contributed by atoms with E-state index in [2.05, 4.69) is 0 Å². The van der Waals surface area contributed by atoms with E-state index in [-0.39, 0.29) is 13.0 Å². The van der Waals surface area contributed by atoms with Crippen LogP contribution in [0, 0.1) is 0 Å². The van der Waals surface area contributed by atoms with Gasteiger partial charge in [-0.15, -0.1) is 0 Å². The van der Waals surface area contributed by atoms with Crippen molar-refractivity contribution in [2.45, 2.75) is 32.9 Å². The van der Waals surface area contributed by atoms with Crippen molar-refractivity contribution in [3.8, 4) is 0 Å². The lowest BCUT2D eigenvalue weighted by Gasteiger charge is -2.07. The number of nitrogens with zero attached hydrogens (tertiary/aromatic N) is 2. The molecular formula is C10H15N3O3. The zero-order valence-corrected chi connectivity index (χ0v) is 9.18. The Labute approximate surface area is 92.3 Å². The van der Waals surface area contributed by atoms with Crippen LogP contribution in [0.5, 0.6) is 0 Å². The molecule has 6 nitrogen and oxygen atoms in total.